The lowest BCUT2D eigenvalue weighted by Crippen LogP contribution is -2.30. The summed E-state index contributed by atoms with van der Waals surface area (Å²) < 4.78 is 26.6. The molecule has 4 nitrogen and oxygen atoms in total. The molecular weight excluding hydrogens is 286 g/mol. The zero-order chi connectivity index (χ0) is 16.0. The van der Waals surface area contributed by atoms with E-state index >= 15 is 0 Å². The number of aliphatic hydroxyl groups excluding tert-OH is 1. The van der Waals surface area contributed by atoms with Crippen molar-refractivity contribution in [1.29, 1.82) is 0 Å². The summed E-state index contributed by atoms with van der Waals surface area (Å²) >= 11 is 0. The molecule has 0 fully saturated rings. The molecule has 0 saturated heterocycles. The quantitative estimate of drug-likeness (QED) is 0.847. The van der Waals surface area contributed by atoms with Crippen LogP contribution in [0.15, 0.2) is 23.1 Å². The molecule has 1 aromatic rings. The lowest BCUT2D eigenvalue weighted by molar-refractivity contribution is 0.305. The lowest BCUT2D eigenvalue weighted by atomic mass is 10.1. The number of hydrogen-bond acceptors (Lipinski definition) is 3. The largest absolute Gasteiger partial charge is 0.395 e. The predicted octanol–water partition coefficient (Wildman–Crippen LogP) is 2.01. The van der Waals surface area contributed by atoms with Crippen LogP contribution in [0.1, 0.15) is 31.4 Å². The monoisotopic (exact) mass is 309 g/mol. The van der Waals surface area contributed by atoms with Crippen molar-refractivity contribution < 1.29 is 13.5 Å². The van der Waals surface area contributed by atoms with Gasteiger partial charge in [-0.05, 0) is 30.5 Å². The Morgan fingerprint density at radius 1 is 1.33 bits per heavy atom. The van der Waals surface area contributed by atoms with E-state index in [9.17, 15) is 8.42 Å². The molecule has 0 aromatic heterocycles. The molecule has 5 heteroatoms. The standard InChI is InChI=1S/C16H23NO3S/c1-13(2)12-17(4)21(19,20)16-11-15(7-5-6-10-18)9-8-14(16)3/h8-9,11,13,18H,6,10,12H2,1-4H3. The maximum atomic E-state index is 12.6. The minimum atomic E-state index is -3.50. The Balaban J connectivity index is 3.17. The van der Waals surface area contributed by atoms with Crippen molar-refractivity contribution in [2.24, 2.45) is 5.92 Å². The Kier molecular flexibility index (Phi) is 6.41. The van der Waals surface area contributed by atoms with Gasteiger partial charge in [0.1, 0.15) is 0 Å². The van der Waals surface area contributed by atoms with E-state index < -0.39 is 10.0 Å². The predicted molar refractivity (Wildman–Crippen MR) is 84.4 cm³/mol. The first-order valence-electron chi connectivity index (χ1n) is 6.95. The van der Waals surface area contributed by atoms with Crippen molar-refractivity contribution in [1.82, 2.24) is 4.31 Å². The number of sulfonamides is 1. The van der Waals surface area contributed by atoms with E-state index in [1.165, 1.54) is 4.31 Å². The molecule has 1 rings (SSSR count). The van der Waals surface area contributed by atoms with Crippen LogP contribution >= 0.6 is 0 Å². The molecule has 0 unspecified atom stereocenters. The van der Waals surface area contributed by atoms with Crippen LogP contribution in [0, 0.1) is 24.7 Å². The van der Waals surface area contributed by atoms with E-state index in [4.69, 9.17) is 5.11 Å². The van der Waals surface area contributed by atoms with Gasteiger partial charge in [0.25, 0.3) is 0 Å². The van der Waals surface area contributed by atoms with Crippen molar-refractivity contribution in [3.05, 3.63) is 29.3 Å². The second-order valence-electron chi connectivity index (χ2n) is 5.44. The maximum absolute atomic E-state index is 12.6. The van der Waals surface area contributed by atoms with Crippen molar-refractivity contribution in [2.75, 3.05) is 20.2 Å². The fraction of sp³-hybridized carbons (Fsp3) is 0.500. The molecular formula is C16H23NO3S. The number of aryl methyl sites for hydroxylation is 1. The molecule has 0 aliphatic rings. The Morgan fingerprint density at radius 2 is 2.00 bits per heavy atom. The normalized spacial score (nSPS) is 11.6. The molecule has 1 aromatic carbocycles. The van der Waals surface area contributed by atoms with Crippen LogP contribution in [0.5, 0.6) is 0 Å². The molecule has 0 bridgehead atoms. The first-order chi connectivity index (χ1) is 9.78. The number of rotatable bonds is 5. The summed E-state index contributed by atoms with van der Waals surface area (Å²) in [6.45, 7) is 6.22. The van der Waals surface area contributed by atoms with E-state index in [0.717, 1.165) is 0 Å². The molecule has 21 heavy (non-hydrogen) atoms. The highest BCUT2D eigenvalue weighted by Crippen LogP contribution is 2.21. The van der Waals surface area contributed by atoms with E-state index in [2.05, 4.69) is 11.8 Å². The van der Waals surface area contributed by atoms with E-state index in [-0.39, 0.29) is 12.5 Å². The van der Waals surface area contributed by atoms with Gasteiger partial charge < -0.3 is 5.11 Å². The molecule has 0 radical (unpaired) electrons. The van der Waals surface area contributed by atoms with Crippen LogP contribution in [0.3, 0.4) is 0 Å². The summed E-state index contributed by atoms with van der Waals surface area (Å²) in [5.41, 5.74) is 1.35. The number of benzene rings is 1. The highest BCUT2D eigenvalue weighted by Gasteiger charge is 2.23. The van der Waals surface area contributed by atoms with Crippen LogP contribution in [-0.4, -0.2) is 38.0 Å². The van der Waals surface area contributed by atoms with Crippen molar-refractivity contribution in [3.63, 3.8) is 0 Å². The summed E-state index contributed by atoms with van der Waals surface area (Å²) in [5.74, 6) is 5.94. The van der Waals surface area contributed by atoms with Crippen molar-refractivity contribution in [2.45, 2.75) is 32.1 Å². The summed E-state index contributed by atoms with van der Waals surface area (Å²) in [6.07, 6.45) is 0.378. The van der Waals surface area contributed by atoms with Gasteiger partial charge in [0.15, 0.2) is 0 Å². The molecule has 0 aliphatic heterocycles. The van der Waals surface area contributed by atoms with E-state index in [1.807, 2.05) is 13.8 Å². The van der Waals surface area contributed by atoms with Gasteiger partial charge in [-0.15, -0.1) is 0 Å². The Morgan fingerprint density at radius 3 is 2.57 bits per heavy atom. The first-order valence-corrected chi connectivity index (χ1v) is 8.39. The van der Waals surface area contributed by atoms with Crippen molar-refractivity contribution >= 4 is 10.0 Å². The molecule has 0 saturated carbocycles. The summed E-state index contributed by atoms with van der Waals surface area (Å²) in [6, 6.07) is 5.16. The van der Waals surface area contributed by atoms with Crippen LogP contribution in [0.25, 0.3) is 0 Å². The van der Waals surface area contributed by atoms with Gasteiger partial charge >= 0.3 is 0 Å². The number of nitrogens with zero attached hydrogens (tertiary/aromatic N) is 1. The average Bonchev–Trinajstić information content (AvgIpc) is 2.40. The summed E-state index contributed by atoms with van der Waals surface area (Å²) in [4.78, 5) is 0.293. The minimum absolute atomic E-state index is 0.00113. The second kappa shape index (κ2) is 7.60. The molecule has 0 spiro atoms. The highest BCUT2D eigenvalue weighted by molar-refractivity contribution is 7.89. The Bertz CT molecular complexity index is 639. The van der Waals surface area contributed by atoms with Crippen LogP contribution in [0.2, 0.25) is 0 Å². The SMILES string of the molecule is Cc1ccc(C#CCCO)cc1S(=O)(=O)N(C)CC(C)C. The molecule has 0 atom stereocenters. The third kappa shape index (κ3) is 4.85. The average molecular weight is 309 g/mol. The molecule has 0 heterocycles. The zero-order valence-electron chi connectivity index (χ0n) is 13.0. The third-order valence-corrected chi connectivity index (χ3v) is 4.93. The van der Waals surface area contributed by atoms with E-state index in [1.54, 1.807) is 32.2 Å². The van der Waals surface area contributed by atoms with Gasteiger partial charge in [0, 0.05) is 25.6 Å². The molecule has 116 valence electrons. The van der Waals surface area contributed by atoms with Crippen LogP contribution in [-0.2, 0) is 10.0 Å². The second-order valence-corrected chi connectivity index (χ2v) is 7.45. The van der Waals surface area contributed by atoms with Crippen molar-refractivity contribution in [3.8, 4) is 11.8 Å². The third-order valence-electron chi connectivity index (χ3n) is 2.97. The topological polar surface area (TPSA) is 57.6 Å². The maximum Gasteiger partial charge on any atom is 0.243 e. The first kappa shape index (κ1) is 17.7. The van der Waals surface area contributed by atoms with Gasteiger partial charge in [-0.1, -0.05) is 31.8 Å². The zero-order valence-corrected chi connectivity index (χ0v) is 13.9. The van der Waals surface area contributed by atoms with Gasteiger partial charge in [0.2, 0.25) is 10.0 Å². The number of aliphatic hydroxyl groups is 1. The van der Waals surface area contributed by atoms with Gasteiger partial charge in [0.05, 0.1) is 11.5 Å². The Hall–Kier alpha value is -1.35. The summed E-state index contributed by atoms with van der Waals surface area (Å²) in [7, 11) is -1.91. The highest BCUT2D eigenvalue weighted by atomic mass is 32.2. The van der Waals surface area contributed by atoms with Gasteiger partial charge in [-0.25, -0.2) is 12.7 Å². The Labute approximate surface area is 127 Å². The molecule has 0 aliphatic carbocycles. The minimum Gasteiger partial charge on any atom is -0.395 e. The smallest absolute Gasteiger partial charge is 0.243 e. The van der Waals surface area contributed by atoms with Crippen LogP contribution in [0.4, 0.5) is 0 Å². The van der Waals surface area contributed by atoms with E-state index in [0.29, 0.717) is 29.0 Å². The fourth-order valence-electron chi connectivity index (χ4n) is 1.96. The van der Waals surface area contributed by atoms with Gasteiger partial charge in [-0.2, -0.15) is 0 Å². The lowest BCUT2D eigenvalue weighted by Gasteiger charge is -2.20. The fourth-order valence-corrected chi connectivity index (χ4v) is 3.54. The number of hydrogen-bond donors (Lipinski definition) is 1. The van der Waals surface area contributed by atoms with Crippen LogP contribution < -0.4 is 0 Å². The molecule has 0 amide bonds. The molecule has 1 N–H and O–H groups in total. The van der Waals surface area contributed by atoms with Gasteiger partial charge in [-0.3, -0.25) is 0 Å². The summed E-state index contributed by atoms with van der Waals surface area (Å²) in [5, 5.41) is 8.72.